The van der Waals surface area contributed by atoms with Gasteiger partial charge in [0.25, 0.3) is 5.69 Å². The van der Waals surface area contributed by atoms with Crippen molar-refractivity contribution in [2.24, 2.45) is 5.73 Å². The monoisotopic (exact) mass is 241 g/mol. The molecule has 1 aromatic rings. The van der Waals surface area contributed by atoms with Crippen LogP contribution in [0.5, 0.6) is 0 Å². The lowest BCUT2D eigenvalue weighted by Gasteiger charge is -2.18. The molecule has 94 valence electrons. The zero-order valence-corrected chi connectivity index (χ0v) is 9.33. The average Bonchev–Trinajstić information content (AvgIpc) is 2.29. The number of aryl methyl sites for hydroxylation is 1. The van der Waals surface area contributed by atoms with Crippen molar-refractivity contribution in [3.63, 3.8) is 0 Å². The summed E-state index contributed by atoms with van der Waals surface area (Å²) in [6.45, 7) is 1.40. The maximum Gasteiger partial charge on any atom is 0.274 e. The smallest absolute Gasteiger partial charge is 0.274 e. The number of benzene rings is 1. The molecular weight excluding hydrogens is 226 g/mol. The topological polar surface area (TPSA) is 136 Å². The fourth-order valence-corrected chi connectivity index (χ4v) is 1.52. The van der Waals surface area contributed by atoms with E-state index >= 15 is 0 Å². The van der Waals surface area contributed by atoms with Crippen molar-refractivity contribution in [1.82, 2.24) is 0 Å². The quantitative estimate of drug-likeness (QED) is 0.328. The second-order valence-electron chi connectivity index (χ2n) is 3.77. The van der Waals surface area contributed by atoms with Crippen molar-refractivity contribution in [3.05, 3.63) is 33.4 Å². The van der Waals surface area contributed by atoms with E-state index in [1.54, 1.807) is 0 Å². The van der Waals surface area contributed by atoms with Gasteiger partial charge in [0, 0.05) is 29.4 Å². The van der Waals surface area contributed by atoms with Crippen molar-refractivity contribution in [2.75, 3.05) is 12.3 Å². The molecule has 7 heteroatoms. The highest BCUT2D eigenvalue weighted by atomic mass is 16.6. The Labute approximate surface area is 97.8 Å². The Kier molecular flexibility index (Phi) is 4.00. The van der Waals surface area contributed by atoms with E-state index in [2.05, 4.69) is 0 Å². The third kappa shape index (κ3) is 2.70. The lowest BCUT2D eigenvalue weighted by molar-refractivity contribution is -0.385. The summed E-state index contributed by atoms with van der Waals surface area (Å²) in [6.07, 6.45) is -2.40. The first kappa shape index (κ1) is 13.4. The summed E-state index contributed by atoms with van der Waals surface area (Å²) in [6, 6.07) is 2.55. The first-order chi connectivity index (χ1) is 7.88. The van der Waals surface area contributed by atoms with E-state index in [9.17, 15) is 20.3 Å². The second kappa shape index (κ2) is 5.09. The van der Waals surface area contributed by atoms with Crippen LogP contribution in [-0.4, -0.2) is 27.8 Å². The summed E-state index contributed by atoms with van der Waals surface area (Å²) in [7, 11) is 0. The zero-order valence-electron chi connectivity index (χ0n) is 9.33. The number of nitro benzene ring substituents is 1. The standard InChI is InChI=1S/C10H15N3O4/c1-5-2-6(10(15)9(14)4-11)7(12)3-8(5)13(16)17/h2-3,9-10,14-15H,4,11-12H2,1H3. The summed E-state index contributed by atoms with van der Waals surface area (Å²) in [5, 5.41) is 29.8. The first-order valence-corrected chi connectivity index (χ1v) is 4.99. The van der Waals surface area contributed by atoms with E-state index in [4.69, 9.17) is 11.5 Å². The summed E-state index contributed by atoms with van der Waals surface area (Å²) < 4.78 is 0. The number of aliphatic hydroxyl groups excluding tert-OH is 2. The normalized spacial score (nSPS) is 14.4. The molecule has 0 spiro atoms. The molecule has 0 aliphatic carbocycles. The largest absolute Gasteiger partial charge is 0.398 e. The predicted molar refractivity (Wildman–Crippen MR) is 62.3 cm³/mol. The van der Waals surface area contributed by atoms with Crippen LogP contribution in [0.15, 0.2) is 12.1 Å². The van der Waals surface area contributed by atoms with Crippen LogP contribution in [0.4, 0.5) is 11.4 Å². The molecule has 0 saturated carbocycles. The van der Waals surface area contributed by atoms with Gasteiger partial charge in [-0.2, -0.15) is 0 Å². The number of nitrogen functional groups attached to an aromatic ring is 1. The summed E-state index contributed by atoms with van der Waals surface area (Å²) in [5.74, 6) is 0. The molecule has 0 heterocycles. The Morgan fingerprint density at radius 2 is 2.06 bits per heavy atom. The van der Waals surface area contributed by atoms with E-state index in [-0.39, 0.29) is 23.5 Å². The Bertz CT molecular complexity index is 436. The van der Waals surface area contributed by atoms with Crippen LogP contribution in [0.1, 0.15) is 17.2 Å². The zero-order chi connectivity index (χ0) is 13.2. The molecule has 17 heavy (non-hydrogen) atoms. The highest BCUT2D eigenvalue weighted by Gasteiger charge is 2.22. The lowest BCUT2D eigenvalue weighted by atomic mass is 9.99. The van der Waals surface area contributed by atoms with Crippen LogP contribution in [0, 0.1) is 17.0 Å². The average molecular weight is 241 g/mol. The van der Waals surface area contributed by atoms with E-state index in [1.165, 1.54) is 13.0 Å². The maximum atomic E-state index is 10.7. The van der Waals surface area contributed by atoms with Crippen molar-refractivity contribution in [1.29, 1.82) is 0 Å². The van der Waals surface area contributed by atoms with Gasteiger partial charge in [-0.05, 0) is 13.0 Å². The molecule has 2 unspecified atom stereocenters. The molecule has 0 aliphatic rings. The Balaban J connectivity index is 3.20. The third-order valence-corrected chi connectivity index (χ3v) is 2.52. The number of nitro groups is 1. The predicted octanol–water partition coefficient (Wildman–Crippen LogP) is -0.162. The highest BCUT2D eigenvalue weighted by molar-refractivity contribution is 5.58. The molecule has 0 amide bonds. The van der Waals surface area contributed by atoms with Gasteiger partial charge in [-0.15, -0.1) is 0 Å². The van der Waals surface area contributed by atoms with Crippen LogP contribution in [0.3, 0.4) is 0 Å². The van der Waals surface area contributed by atoms with Gasteiger partial charge in [0.05, 0.1) is 11.0 Å². The van der Waals surface area contributed by atoms with Crippen LogP contribution < -0.4 is 11.5 Å². The molecule has 6 N–H and O–H groups in total. The molecule has 0 aromatic heterocycles. The first-order valence-electron chi connectivity index (χ1n) is 4.99. The Morgan fingerprint density at radius 1 is 1.47 bits per heavy atom. The van der Waals surface area contributed by atoms with Crippen LogP contribution >= 0.6 is 0 Å². The van der Waals surface area contributed by atoms with Crippen molar-refractivity contribution < 1.29 is 15.1 Å². The number of aliphatic hydroxyl groups is 2. The second-order valence-corrected chi connectivity index (χ2v) is 3.77. The van der Waals surface area contributed by atoms with Crippen molar-refractivity contribution >= 4 is 11.4 Å². The fourth-order valence-electron chi connectivity index (χ4n) is 1.52. The number of nitrogens with zero attached hydrogens (tertiary/aromatic N) is 1. The van der Waals surface area contributed by atoms with Crippen molar-refractivity contribution in [3.8, 4) is 0 Å². The molecule has 0 bridgehead atoms. The third-order valence-electron chi connectivity index (χ3n) is 2.52. The molecule has 0 radical (unpaired) electrons. The highest BCUT2D eigenvalue weighted by Crippen LogP contribution is 2.30. The number of nitrogens with two attached hydrogens (primary N) is 2. The SMILES string of the molecule is Cc1cc(C(O)C(O)CN)c(N)cc1[N+](=O)[O-]. The molecule has 0 fully saturated rings. The Hall–Kier alpha value is -1.70. The van der Waals surface area contributed by atoms with Gasteiger partial charge in [0.2, 0.25) is 0 Å². The molecule has 0 saturated heterocycles. The van der Waals surface area contributed by atoms with E-state index < -0.39 is 17.1 Å². The van der Waals surface area contributed by atoms with Crippen LogP contribution in [0.2, 0.25) is 0 Å². The summed E-state index contributed by atoms with van der Waals surface area (Å²) >= 11 is 0. The summed E-state index contributed by atoms with van der Waals surface area (Å²) in [4.78, 5) is 10.1. The van der Waals surface area contributed by atoms with E-state index in [0.717, 1.165) is 6.07 Å². The fraction of sp³-hybridized carbons (Fsp3) is 0.400. The summed E-state index contributed by atoms with van der Waals surface area (Å²) in [5.41, 5.74) is 11.4. The minimum absolute atomic E-state index is 0.0577. The van der Waals surface area contributed by atoms with Gasteiger partial charge in [-0.1, -0.05) is 0 Å². The maximum absolute atomic E-state index is 10.7. The van der Waals surface area contributed by atoms with Crippen LogP contribution in [0.25, 0.3) is 0 Å². The molecule has 1 aromatic carbocycles. The van der Waals surface area contributed by atoms with E-state index in [1.807, 2.05) is 0 Å². The van der Waals surface area contributed by atoms with Crippen LogP contribution in [-0.2, 0) is 0 Å². The number of anilines is 1. The molecule has 0 aliphatic heterocycles. The van der Waals surface area contributed by atoms with Gasteiger partial charge >= 0.3 is 0 Å². The number of hydrogen-bond donors (Lipinski definition) is 4. The minimum Gasteiger partial charge on any atom is -0.398 e. The van der Waals surface area contributed by atoms with Gasteiger partial charge in [-0.25, -0.2) is 0 Å². The van der Waals surface area contributed by atoms with Gasteiger partial charge in [0.1, 0.15) is 6.10 Å². The molecular formula is C10H15N3O4. The molecule has 1 rings (SSSR count). The number of rotatable bonds is 4. The molecule has 7 nitrogen and oxygen atoms in total. The molecule has 2 atom stereocenters. The minimum atomic E-state index is -1.25. The van der Waals surface area contributed by atoms with Gasteiger partial charge in [0.15, 0.2) is 0 Å². The lowest BCUT2D eigenvalue weighted by Crippen LogP contribution is -2.27. The Morgan fingerprint density at radius 3 is 2.53 bits per heavy atom. The van der Waals surface area contributed by atoms with Gasteiger partial charge in [-0.3, -0.25) is 10.1 Å². The van der Waals surface area contributed by atoms with Crippen molar-refractivity contribution in [2.45, 2.75) is 19.1 Å². The number of hydrogen-bond acceptors (Lipinski definition) is 6. The van der Waals surface area contributed by atoms with Gasteiger partial charge < -0.3 is 21.7 Å². The van der Waals surface area contributed by atoms with E-state index in [0.29, 0.717) is 5.56 Å².